The van der Waals surface area contributed by atoms with Gasteiger partial charge in [-0.1, -0.05) is 31.5 Å². The van der Waals surface area contributed by atoms with E-state index in [-0.39, 0.29) is 0 Å². The van der Waals surface area contributed by atoms with Crippen molar-refractivity contribution in [2.75, 3.05) is 0 Å². The number of aromatic nitrogens is 4. The van der Waals surface area contributed by atoms with Gasteiger partial charge >= 0.3 is 0 Å². The third kappa shape index (κ3) is 3.63. The van der Waals surface area contributed by atoms with Crippen molar-refractivity contribution in [2.24, 2.45) is 0 Å². The van der Waals surface area contributed by atoms with E-state index in [4.69, 9.17) is 0 Å². The van der Waals surface area contributed by atoms with Gasteiger partial charge in [0.25, 0.3) is 0 Å². The van der Waals surface area contributed by atoms with Gasteiger partial charge in [-0.3, -0.25) is 0 Å². The highest BCUT2D eigenvalue weighted by Crippen LogP contribution is 2.38. The Morgan fingerprint density at radius 2 is 2.19 bits per heavy atom. The Kier molecular flexibility index (Phi) is 4.26. The molecule has 0 saturated heterocycles. The van der Waals surface area contributed by atoms with Gasteiger partial charge in [0.15, 0.2) is 0 Å². The van der Waals surface area contributed by atoms with E-state index >= 15 is 0 Å². The zero-order chi connectivity index (χ0) is 14.8. The van der Waals surface area contributed by atoms with Crippen LogP contribution in [0.5, 0.6) is 0 Å². The van der Waals surface area contributed by atoms with Crippen LogP contribution in [0.4, 0.5) is 0 Å². The summed E-state index contributed by atoms with van der Waals surface area (Å²) in [6.07, 6.45) is 2.38. The molecule has 0 aliphatic heterocycles. The third-order valence-corrected chi connectivity index (χ3v) is 4.54. The normalized spacial score (nSPS) is 14.9. The van der Waals surface area contributed by atoms with E-state index in [1.54, 1.807) is 11.8 Å². The predicted molar refractivity (Wildman–Crippen MR) is 83.4 cm³/mol. The maximum atomic E-state index is 4.18. The van der Waals surface area contributed by atoms with E-state index in [2.05, 4.69) is 59.8 Å². The predicted octanol–water partition coefficient (Wildman–Crippen LogP) is 2.97. The molecule has 2 aromatic rings. The molecule has 1 aliphatic rings. The summed E-state index contributed by atoms with van der Waals surface area (Å²) < 4.78 is 1.96. The highest BCUT2D eigenvalue weighted by molar-refractivity contribution is 7.99. The summed E-state index contributed by atoms with van der Waals surface area (Å²) in [7, 11) is 0. The zero-order valence-electron chi connectivity index (χ0n) is 12.7. The van der Waals surface area contributed by atoms with Crippen LogP contribution in [-0.2, 0) is 6.54 Å². The van der Waals surface area contributed by atoms with Crippen LogP contribution in [0.2, 0.25) is 0 Å². The monoisotopic (exact) mass is 303 g/mol. The number of nitrogens with one attached hydrogen (secondary N) is 1. The van der Waals surface area contributed by atoms with Gasteiger partial charge in [0, 0.05) is 17.5 Å². The Morgan fingerprint density at radius 3 is 2.90 bits per heavy atom. The topological polar surface area (TPSA) is 55.6 Å². The SMILES string of the molecule is Cc1ccc(Sc2nnnn2C2CC2)c(CNC(C)C)c1. The molecule has 6 heteroatoms. The number of aryl methyl sites for hydroxylation is 1. The van der Waals surface area contributed by atoms with Crippen LogP contribution in [0.3, 0.4) is 0 Å². The van der Waals surface area contributed by atoms with Gasteiger partial charge in [-0.15, -0.1) is 5.10 Å². The van der Waals surface area contributed by atoms with Crippen LogP contribution in [0.25, 0.3) is 0 Å². The molecule has 21 heavy (non-hydrogen) atoms. The van der Waals surface area contributed by atoms with Crippen LogP contribution in [0.15, 0.2) is 28.3 Å². The Balaban J connectivity index is 1.81. The molecular formula is C15H21N5S. The lowest BCUT2D eigenvalue weighted by Crippen LogP contribution is -2.22. The fourth-order valence-corrected chi connectivity index (χ4v) is 3.11. The molecule has 3 rings (SSSR count). The van der Waals surface area contributed by atoms with Gasteiger partial charge in [-0.2, -0.15) is 0 Å². The van der Waals surface area contributed by atoms with Gasteiger partial charge in [-0.25, -0.2) is 4.68 Å². The van der Waals surface area contributed by atoms with Gasteiger partial charge < -0.3 is 5.32 Å². The van der Waals surface area contributed by atoms with Crippen LogP contribution in [0.1, 0.15) is 43.9 Å². The Hall–Kier alpha value is -1.40. The van der Waals surface area contributed by atoms with Gasteiger partial charge in [0.1, 0.15) is 0 Å². The zero-order valence-corrected chi connectivity index (χ0v) is 13.5. The molecule has 1 aromatic carbocycles. The first-order valence-corrected chi connectivity index (χ1v) is 8.24. The quantitative estimate of drug-likeness (QED) is 0.889. The van der Waals surface area contributed by atoms with Crippen molar-refractivity contribution in [1.29, 1.82) is 0 Å². The molecule has 1 fully saturated rings. The second-order valence-corrected chi connectivity index (χ2v) is 6.90. The third-order valence-electron chi connectivity index (χ3n) is 3.47. The van der Waals surface area contributed by atoms with Gasteiger partial charge in [0.05, 0.1) is 6.04 Å². The summed E-state index contributed by atoms with van der Waals surface area (Å²) in [6.45, 7) is 7.32. The van der Waals surface area contributed by atoms with E-state index in [1.807, 2.05) is 4.68 Å². The van der Waals surface area contributed by atoms with E-state index < -0.39 is 0 Å². The first kappa shape index (κ1) is 14.5. The van der Waals surface area contributed by atoms with Crippen molar-refractivity contribution < 1.29 is 0 Å². The number of tetrazole rings is 1. The van der Waals surface area contributed by atoms with Crippen LogP contribution >= 0.6 is 11.8 Å². The minimum absolute atomic E-state index is 0.472. The molecule has 1 N–H and O–H groups in total. The molecule has 1 aliphatic carbocycles. The van der Waals surface area contributed by atoms with E-state index in [0.717, 1.165) is 11.7 Å². The Bertz CT molecular complexity index is 618. The molecule has 0 radical (unpaired) electrons. The van der Waals surface area contributed by atoms with Gasteiger partial charge in [-0.05, 0) is 53.6 Å². The summed E-state index contributed by atoms with van der Waals surface area (Å²) in [4.78, 5) is 1.23. The second-order valence-electron chi connectivity index (χ2n) is 5.89. The number of hydrogen-bond donors (Lipinski definition) is 1. The van der Waals surface area contributed by atoms with Gasteiger partial charge in [0.2, 0.25) is 5.16 Å². The summed E-state index contributed by atoms with van der Waals surface area (Å²) in [5, 5.41) is 16.5. The minimum Gasteiger partial charge on any atom is -0.310 e. The van der Waals surface area contributed by atoms with E-state index in [0.29, 0.717) is 12.1 Å². The number of hydrogen-bond acceptors (Lipinski definition) is 5. The average molecular weight is 303 g/mol. The molecule has 0 spiro atoms. The summed E-state index contributed by atoms with van der Waals surface area (Å²) in [5.41, 5.74) is 2.58. The maximum absolute atomic E-state index is 4.18. The molecule has 112 valence electrons. The number of rotatable bonds is 6. The molecule has 0 amide bonds. The van der Waals surface area contributed by atoms with E-state index in [9.17, 15) is 0 Å². The van der Waals surface area contributed by atoms with Crippen molar-refractivity contribution in [1.82, 2.24) is 25.5 Å². The highest BCUT2D eigenvalue weighted by atomic mass is 32.2. The van der Waals surface area contributed by atoms with Crippen molar-refractivity contribution in [3.8, 4) is 0 Å². The molecule has 5 nitrogen and oxygen atoms in total. The largest absolute Gasteiger partial charge is 0.310 e. The minimum atomic E-state index is 0.472. The fourth-order valence-electron chi connectivity index (χ4n) is 2.16. The molecule has 1 aromatic heterocycles. The summed E-state index contributed by atoms with van der Waals surface area (Å²) in [5.74, 6) is 0. The van der Waals surface area contributed by atoms with Crippen molar-refractivity contribution in [3.63, 3.8) is 0 Å². The Morgan fingerprint density at radius 1 is 1.38 bits per heavy atom. The molecule has 0 unspecified atom stereocenters. The average Bonchev–Trinajstić information content (AvgIpc) is 3.19. The van der Waals surface area contributed by atoms with Crippen LogP contribution in [0, 0.1) is 6.92 Å². The summed E-state index contributed by atoms with van der Waals surface area (Å²) in [6, 6.07) is 7.53. The first-order valence-electron chi connectivity index (χ1n) is 7.42. The lowest BCUT2D eigenvalue weighted by atomic mass is 10.1. The first-order chi connectivity index (χ1) is 10.1. The molecule has 0 bridgehead atoms. The molecule has 1 heterocycles. The van der Waals surface area contributed by atoms with E-state index in [1.165, 1.54) is 28.9 Å². The second kappa shape index (κ2) is 6.15. The maximum Gasteiger partial charge on any atom is 0.214 e. The standard InChI is InChI=1S/C15H21N5S/c1-10(2)16-9-12-8-11(3)4-7-14(12)21-15-17-18-19-20(15)13-5-6-13/h4,7-8,10,13,16H,5-6,9H2,1-3H3. The smallest absolute Gasteiger partial charge is 0.214 e. The van der Waals surface area contributed by atoms with Crippen molar-refractivity contribution in [2.45, 2.75) is 62.3 Å². The van der Waals surface area contributed by atoms with Crippen LogP contribution in [-0.4, -0.2) is 26.2 Å². The van der Waals surface area contributed by atoms with Crippen LogP contribution < -0.4 is 5.32 Å². The molecule has 1 saturated carbocycles. The lowest BCUT2D eigenvalue weighted by molar-refractivity contribution is 0.565. The fraction of sp³-hybridized carbons (Fsp3) is 0.533. The lowest BCUT2D eigenvalue weighted by Gasteiger charge is -2.13. The number of nitrogens with zero attached hydrogens (tertiary/aromatic N) is 4. The number of benzene rings is 1. The van der Waals surface area contributed by atoms with Crippen molar-refractivity contribution in [3.05, 3.63) is 29.3 Å². The summed E-state index contributed by atoms with van der Waals surface area (Å²) >= 11 is 1.66. The highest BCUT2D eigenvalue weighted by Gasteiger charge is 2.28. The molecular weight excluding hydrogens is 282 g/mol. The van der Waals surface area contributed by atoms with Crippen molar-refractivity contribution >= 4 is 11.8 Å². The molecule has 0 atom stereocenters. The Labute approximate surface area is 129 Å².